The number of aryl methyl sites for hydroxylation is 2. The summed E-state index contributed by atoms with van der Waals surface area (Å²) in [6, 6.07) is 4.40. The zero-order valence-corrected chi connectivity index (χ0v) is 12.0. The Balaban J connectivity index is 1.98. The molecule has 0 aromatic heterocycles. The fourth-order valence-corrected chi connectivity index (χ4v) is 3.15. The zero-order valence-electron chi connectivity index (χ0n) is 12.0. The minimum atomic E-state index is -0.0822. The molecule has 2 unspecified atom stereocenters. The molecule has 0 amide bonds. The van der Waals surface area contributed by atoms with Crippen LogP contribution in [0.15, 0.2) is 12.1 Å². The van der Waals surface area contributed by atoms with Crippen molar-refractivity contribution in [2.75, 3.05) is 6.54 Å². The van der Waals surface area contributed by atoms with E-state index in [1.165, 1.54) is 25.7 Å². The van der Waals surface area contributed by atoms with Crippen LogP contribution >= 0.6 is 0 Å². The van der Waals surface area contributed by atoms with E-state index in [-0.39, 0.29) is 5.82 Å². The molecule has 19 heavy (non-hydrogen) atoms. The molecule has 0 radical (unpaired) electrons. The van der Waals surface area contributed by atoms with Gasteiger partial charge in [-0.25, -0.2) is 4.39 Å². The van der Waals surface area contributed by atoms with Crippen LogP contribution in [0.25, 0.3) is 0 Å². The van der Waals surface area contributed by atoms with Gasteiger partial charge < -0.3 is 11.1 Å². The number of nitrogens with two attached hydrogens (primary N) is 1. The van der Waals surface area contributed by atoms with Crippen LogP contribution in [0.4, 0.5) is 4.39 Å². The summed E-state index contributed by atoms with van der Waals surface area (Å²) in [4.78, 5) is 0. The number of hydrogen-bond donors (Lipinski definition) is 2. The van der Waals surface area contributed by atoms with Gasteiger partial charge in [0, 0.05) is 12.6 Å². The minimum absolute atomic E-state index is 0.0822. The van der Waals surface area contributed by atoms with Gasteiger partial charge in [0.05, 0.1) is 0 Å². The van der Waals surface area contributed by atoms with Crippen LogP contribution < -0.4 is 11.1 Å². The van der Waals surface area contributed by atoms with Crippen LogP contribution in [-0.4, -0.2) is 12.6 Å². The van der Waals surface area contributed by atoms with Crippen LogP contribution in [0.2, 0.25) is 0 Å². The summed E-state index contributed by atoms with van der Waals surface area (Å²) < 4.78 is 13.6. The van der Waals surface area contributed by atoms with Gasteiger partial charge in [-0.1, -0.05) is 25.0 Å². The van der Waals surface area contributed by atoms with Crippen molar-refractivity contribution in [1.29, 1.82) is 0 Å². The van der Waals surface area contributed by atoms with Crippen molar-refractivity contribution >= 4 is 0 Å². The van der Waals surface area contributed by atoms with Crippen molar-refractivity contribution in [1.82, 2.24) is 5.32 Å². The molecule has 0 heterocycles. The fourth-order valence-electron chi connectivity index (χ4n) is 3.15. The van der Waals surface area contributed by atoms with Crippen molar-refractivity contribution in [2.24, 2.45) is 11.7 Å². The first-order chi connectivity index (χ1) is 9.11. The molecule has 1 aromatic rings. The van der Waals surface area contributed by atoms with Crippen LogP contribution in [0.5, 0.6) is 0 Å². The molecule has 0 bridgehead atoms. The lowest BCUT2D eigenvalue weighted by Crippen LogP contribution is -2.41. The van der Waals surface area contributed by atoms with Gasteiger partial charge in [0.15, 0.2) is 0 Å². The third-order valence-electron chi connectivity index (χ3n) is 4.28. The van der Waals surface area contributed by atoms with E-state index in [4.69, 9.17) is 5.73 Å². The minimum Gasteiger partial charge on any atom is -0.330 e. The quantitative estimate of drug-likeness (QED) is 0.877. The molecular weight excluding hydrogens is 239 g/mol. The average Bonchev–Trinajstić information content (AvgIpc) is 2.42. The third kappa shape index (κ3) is 3.54. The normalized spacial score (nSPS) is 23.6. The Bertz CT molecular complexity index is 408. The van der Waals surface area contributed by atoms with E-state index >= 15 is 0 Å². The molecule has 106 valence electrons. The highest BCUT2D eigenvalue weighted by Gasteiger charge is 2.23. The maximum Gasteiger partial charge on any atom is 0.129 e. The van der Waals surface area contributed by atoms with Gasteiger partial charge in [-0.2, -0.15) is 0 Å². The maximum absolute atomic E-state index is 13.6. The smallest absolute Gasteiger partial charge is 0.129 e. The second-order valence-corrected chi connectivity index (χ2v) is 5.81. The van der Waals surface area contributed by atoms with E-state index in [1.807, 2.05) is 26.0 Å². The fraction of sp³-hybridized carbons (Fsp3) is 0.625. The Morgan fingerprint density at radius 1 is 1.21 bits per heavy atom. The van der Waals surface area contributed by atoms with Crippen molar-refractivity contribution in [2.45, 2.75) is 52.1 Å². The Hall–Kier alpha value is -0.930. The maximum atomic E-state index is 13.6. The molecule has 1 fully saturated rings. The number of halogens is 1. The summed E-state index contributed by atoms with van der Waals surface area (Å²) in [6.45, 7) is 5.23. The molecule has 1 aliphatic carbocycles. The molecule has 0 spiro atoms. The topological polar surface area (TPSA) is 38.0 Å². The lowest BCUT2D eigenvalue weighted by Gasteiger charge is -2.31. The van der Waals surface area contributed by atoms with E-state index in [0.717, 1.165) is 29.8 Å². The zero-order chi connectivity index (χ0) is 13.8. The molecule has 2 nitrogen and oxygen atoms in total. The van der Waals surface area contributed by atoms with Gasteiger partial charge in [0.25, 0.3) is 0 Å². The molecule has 3 heteroatoms. The first-order valence-electron chi connectivity index (χ1n) is 7.31. The number of rotatable bonds is 4. The van der Waals surface area contributed by atoms with Crippen LogP contribution in [0, 0.1) is 25.6 Å². The van der Waals surface area contributed by atoms with E-state index in [1.54, 1.807) is 0 Å². The predicted octanol–water partition coefficient (Wildman–Crippen LogP) is 3.05. The molecule has 1 saturated carbocycles. The van der Waals surface area contributed by atoms with E-state index in [9.17, 15) is 4.39 Å². The Morgan fingerprint density at radius 3 is 2.47 bits per heavy atom. The van der Waals surface area contributed by atoms with Gasteiger partial charge in [-0.15, -0.1) is 0 Å². The molecule has 1 aliphatic rings. The molecule has 0 aliphatic heterocycles. The second-order valence-electron chi connectivity index (χ2n) is 5.81. The molecule has 2 rings (SSSR count). The number of hydrogen-bond acceptors (Lipinski definition) is 2. The van der Waals surface area contributed by atoms with Crippen molar-refractivity contribution < 1.29 is 4.39 Å². The average molecular weight is 264 g/mol. The Labute approximate surface area is 115 Å². The van der Waals surface area contributed by atoms with Crippen molar-refractivity contribution in [3.63, 3.8) is 0 Å². The number of benzene rings is 1. The van der Waals surface area contributed by atoms with Gasteiger partial charge in [0.1, 0.15) is 5.82 Å². The molecule has 1 aromatic carbocycles. The molecule has 3 N–H and O–H groups in total. The highest BCUT2D eigenvalue weighted by Crippen LogP contribution is 2.24. The van der Waals surface area contributed by atoms with Crippen LogP contribution in [0.3, 0.4) is 0 Å². The SMILES string of the molecule is Cc1cc(CNC2CCCCC2CN)cc(C)c1F. The molecule has 0 saturated heterocycles. The monoisotopic (exact) mass is 264 g/mol. The predicted molar refractivity (Wildman–Crippen MR) is 77.5 cm³/mol. The van der Waals surface area contributed by atoms with Gasteiger partial charge in [-0.3, -0.25) is 0 Å². The number of nitrogens with one attached hydrogen (secondary N) is 1. The molecular formula is C16H25FN2. The first kappa shape index (κ1) is 14.5. The largest absolute Gasteiger partial charge is 0.330 e. The van der Waals surface area contributed by atoms with E-state index < -0.39 is 0 Å². The second kappa shape index (κ2) is 6.49. The summed E-state index contributed by atoms with van der Waals surface area (Å²) in [5.41, 5.74) is 8.47. The van der Waals surface area contributed by atoms with Gasteiger partial charge in [-0.05, 0) is 55.8 Å². The summed E-state index contributed by atoms with van der Waals surface area (Å²) in [5, 5.41) is 3.61. The third-order valence-corrected chi connectivity index (χ3v) is 4.28. The Kier molecular flexibility index (Phi) is 4.94. The van der Waals surface area contributed by atoms with Crippen LogP contribution in [0.1, 0.15) is 42.4 Å². The van der Waals surface area contributed by atoms with E-state index in [2.05, 4.69) is 5.32 Å². The van der Waals surface area contributed by atoms with E-state index in [0.29, 0.717) is 12.0 Å². The van der Waals surface area contributed by atoms with Gasteiger partial charge in [0.2, 0.25) is 0 Å². The molecule has 2 atom stereocenters. The lowest BCUT2D eigenvalue weighted by molar-refractivity contribution is 0.267. The van der Waals surface area contributed by atoms with Crippen molar-refractivity contribution in [3.8, 4) is 0 Å². The standard InChI is InChI=1S/C16H25FN2/c1-11-7-13(8-12(2)16(11)17)10-19-15-6-4-3-5-14(15)9-18/h7-8,14-15,19H,3-6,9-10,18H2,1-2H3. The van der Waals surface area contributed by atoms with Crippen molar-refractivity contribution in [3.05, 3.63) is 34.6 Å². The summed E-state index contributed by atoms with van der Waals surface area (Å²) in [5.74, 6) is 0.512. The van der Waals surface area contributed by atoms with Gasteiger partial charge >= 0.3 is 0 Å². The lowest BCUT2D eigenvalue weighted by atomic mass is 9.84. The highest BCUT2D eigenvalue weighted by atomic mass is 19.1. The summed E-state index contributed by atoms with van der Waals surface area (Å²) >= 11 is 0. The summed E-state index contributed by atoms with van der Waals surface area (Å²) in [6.07, 6.45) is 5.03. The summed E-state index contributed by atoms with van der Waals surface area (Å²) in [7, 11) is 0. The first-order valence-corrected chi connectivity index (χ1v) is 7.31. The van der Waals surface area contributed by atoms with Crippen LogP contribution in [-0.2, 0) is 6.54 Å². The highest BCUT2D eigenvalue weighted by molar-refractivity contribution is 5.30. The Morgan fingerprint density at radius 2 is 1.84 bits per heavy atom.